The fourth-order valence-corrected chi connectivity index (χ4v) is 16.3. The van der Waals surface area contributed by atoms with Gasteiger partial charge in [0.2, 0.25) is 106 Å². The predicted molar refractivity (Wildman–Crippen MR) is 477 cm³/mol. The van der Waals surface area contributed by atoms with Gasteiger partial charge in [0.25, 0.3) is 0 Å². The molecule has 3 aliphatic rings. The maximum absolute atomic E-state index is 15.7. The number of carbonyl (C=O) groups excluding carboxylic acids is 18. The van der Waals surface area contributed by atoms with Gasteiger partial charge < -0.3 is 136 Å². The number of aromatic nitrogens is 4. The number of primary amides is 3. The third kappa shape index (κ3) is 28.1. The molecule has 3 aromatic heterocycles. The zero-order chi connectivity index (χ0) is 97.0. The Bertz CT molecular complexity index is 5160. The number of benzene rings is 3. The molecule has 24 N–H and O–H groups in total. The highest BCUT2D eigenvalue weighted by atomic mass is 16.3. The minimum absolute atomic E-state index is 0.0288. The number of unbranched alkanes of at least 4 members (excludes halogenated alkanes) is 3. The van der Waals surface area contributed by atoms with Crippen LogP contribution in [0.15, 0.2) is 97.7 Å². The van der Waals surface area contributed by atoms with Crippen molar-refractivity contribution >= 4 is 128 Å². The molecular weight excluding hydrogens is 1730 g/mol. The molecule has 45 heteroatoms. The lowest BCUT2D eigenvalue weighted by Gasteiger charge is -2.36. The fourth-order valence-electron chi connectivity index (χ4n) is 16.3. The topological polar surface area (TPSA) is 675 Å². The van der Waals surface area contributed by atoms with Crippen molar-refractivity contribution in [2.24, 2.45) is 17.2 Å². The number of hydrogen-bond donors (Lipinski definition) is 21. The molecule has 0 radical (unpaired) electrons. The molecule has 720 valence electrons. The number of fused-ring (bicyclic) bond motifs is 4. The van der Waals surface area contributed by atoms with Gasteiger partial charge in [-0.25, -0.2) is 4.98 Å². The third-order valence-corrected chi connectivity index (χ3v) is 23.9. The van der Waals surface area contributed by atoms with Crippen molar-refractivity contribution in [2.75, 3.05) is 67.1 Å². The van der Waals surface area contributed by atoms with Gasteiger partial charge in [-0.3, -0.25) is 86.3 Å². The van der Waals surface area contributed by atoms with Gasteiger partial charge in [0.05, 0.1) is 45.2 Å². The molecule has 3 fully saturated rings. The zero-order valence-electron chi connectivity index (χ0n) is 74.9. The van der Waals surface area contributed by atoms with Crippen LogP contribution < -0.4 is 75.7 Å². The number of hydrogen-bond acceptors (Lipinski definition) is 24. The predicted octanol–water partition coefficient (Wildman–Crippen LogP) is -5.73. The van der Waals surface area contributed by atoms with Crippen molar-refractivity contribution in [2.45, 2.75) is 221 Å². The van der Waals surface area contributed by atoms with Crippen molar-refractivity contribution in [1.29, 1.82) is 0 Å². The molecule has 15 atom stereocenters. The number of phenols is 1. The first-order valence-corrected chi connectivity index (χ1v) is 44.2. The summed E-state index contributed by atoms with van der Waals surface area (Å²) >= 11 is 0. The summed E-state index contributed by atoms with van der Waals surface area (Å²) < 4.78 is 0. The first-order valence-electron chi connectivity index (χ1n) is 44.2. The summed E-state index contributed by atoms with van der Waals surface area (Å²) in [4.78, 5) is 279. The number of nitrogens with one attached hydrogen (secondary N) is 14. The summed E-state index contributed by atoms with van der Waals surface area (Å²) in [5.41, 5.74) is 19.4. The molecule has 0 bridgehead atoms. The van der Waals surface area contributed by atoms with E-state index in [1.807, 2.05) is 6.92 Å². The number of H-pyrrole nitrogens is 3. The van der Waals surface area contributed by atoms with E-state index in [0.29, 0.717) is 64.2 Å². The smallest absolute Gasteiger partial charge is 0.246 e. The van der Waals surface area contributed by atoms with Gasteiger partial charge in [-0.15, -0.1) is 0 Å². The number of aromatic amines is 3. The van der Waals surface area contributed by atoms with Crippen LogP contribution in [0, 0.1) is 0 Å². The van der Waals surface area contributed by atoms with Crippen LogP contribution in [0.25, 0.3) is 21.8 Å². The van der Waals surface area contributed by atoms with Crippen LogP contribution in [-0.2, 0) is 112 Å². The Balaban J connectivity index is 1.09. The fraction of sp³-hybridized carbons (Fsp3) is 0.511. The number of likely N-dealkylation sites (N-methyl/N-ethyl adjacent to an activating group) is 3. The van der Waals surface area contributed by atoms with E-state index in [9.17, 15) is 73.2 Å². The van der Waals surface area contributed by atoms with E-state index < -0.39 is 262 Å². The number of carbonyl (C=O) groups is 18. The number of amides is 18. The van der Waals surface area contributed by atoms with Crippen LogP contribution in [0.1, 0.15) is 127 Å². The second kappa shape index (κ2) is 48.8. The first-order chi connectivity index (χ1) is 63.4. The Kier molecular flexibility index (Phi) is 37.7. The summed E-state index contributed by atoms with van der Waals surface area (Å²) in [6.45, 7) is -0.249. The Morgan fingerprint density at radius 3 is 1.62 bits per heavy atom. The Labute approximate surface area is 765 Å². The standard InChI is InChI=1S/C88H121N23O22/c1-7-9-11-22-69-88(133)108(5)67(21-10-8-2)81(126)106-66(45-113)80(125)104-64(76(121)96-41-73(91)118)40-92-42-74(119)98-61(31-48-24-26-52(114)27-25-48)84(129)107(4)47(3)75(120)102-63(36-72(90)117)87(132)110-30-16-23-68(110)82(127)101-60(34-51-39-93-46-97-51)78(123)99-58(28-29-71(89)116)86(131)111-43-53(115)35-70(111)83(128)100-59(32-49-37-94-56-19-14-12-17-54(49)56)77(122)105-65(44-112)79(124)103-62(85(130)109(69)6)33-50-38-95-57-20-15-13-18-55(50)57/h12-15,17-20,24-27,37-39,46-47,53,58-70,92,94-95,112-115H,7-11,16,21-23,28-36,40-45H2,1-6H3,(H2,89,116)(H2,90,117)(H2,91,118)(H,93,97)(H,96,121)(H,98,119)(H,99,123)(H,100,128)(H,101,127)(H,102,120)(H,103,124)(H,104,125)(H,105,122)(H,106,126)/t47-,53+,58-,59-,60-,61-,62-,63?,64-,65-,66-,67-,68-,69-,70-/m0/s1. The SMILES string of the molecule is CCCCC[C@H]1C(=O)N(C)[C@@H](CCCC)C(=O)N[C@@H](CO)C(=O)N[C@H](C(=O)NCC(N)=O)CNCC(=O)N[C@@H](Cc2ccc(O)cc2)C(=O)N(C)[C@@H](C)C(=O)NC(CC(N)=O)C(=O)N2CCC[C@H]2C(=O)N[C@@H](Cc2cnc[nH]2)C(=O)N[C@@H](CCC(N)=O)C(=O)N2C[C@H](O)C[C@H]2C(=O)N[C@@H](Cc2c[nH]c3ccccc23)C(=O)N[C@@H](CO)C(=O)N[C@@H](Cc2c[nH]c3ccccc23)C(=O)N1C. The number of para-hydroxylation sites is 2. The van der Waals surface area contributed by atoms with Gasteiger partial charge in [-0.2, -0.15) is 0 Å². The maximum atomic E-state index is 15.7. The number of phenolic OH excluding ortho intramolecular Hbond substituents is 1. The lowest BCUT2D eigenvalue weighted by Crippen LogP contribution is -2.62. The van der Waals surface area contributed by atoms with E-state index >= 15 is 33.6 Å². The van der Waals surface area contributed by atoms with Crippen LogP contribution in [0.2, 0.25) is 0 Å². The number of aliphatic hydroxyl groups excluding tert-OH is 3. The normalized spacial score (nSPS) is 24.9. The molecule has 0 spiro atoms. The van der Waals surface area contributed by atoms with E-state index in [1.54, 1.807) is 67.8 Å². The van der Waals surface area contributed by atoms with Crippen molar-refractivity contribution in [3.8, 4) is 5.75 Å². The summed E-state index contributed by atoms with van der Waals surface area (Å²) in [6, 6.07) is -3.94. The molecule has 133 heavy (non-hydrogen) atoms. The van der Waals surface area contributed by atoms with Crippen molar-refractivity contribution in [3.05, 3.63) is 120 Å². The van der Waals surface area contributed by atoms with Crippen molar-refractivity contribution in [3.63, 3.8) is 0 Å². The average molecular weight is 1850 g/mol. The van der Waals surface area contributed by atoms with E-state index in [0.717, 1.165) is 24.5 Å². The van der Waals surface area contributed by atoms with Gasteiger partial charge in [-0.1, -0.05) is 94.5 Å². The third-order valence-electron chi connectivity index (χ3n) is 23.9. The Hall–Kier alpha value is -14.0. The molecule has 0 aliphatic carbocycles. The van der Waals surface area contributed by atoms with E-state index in [2.05, 4.69) is 78.4 Å². The van der Waals surface area contributed by atoms with Crippen LogP contribution in [-0.4, -0.2) is 329 Å². The molecule has 3 aromatic carbocycles. The van der Waals surface area contributed by atoms with E-state index in [1.165, 1.54) is 64.9 Å². The lowest BCUT2D eigenvalue weighted by molar-refractivity contribution is -0.149. The summed E-state index contributed by atoms with van der Waals surface area (Å²) in [7, 11) is 3.79. The van der Waals surface area contributed by atoms with Crippen molar-refractivity contribution < 1.29 is 107 Å². The quantitative estimate of drug-likeness (QED) is 0.0238. The van der Waals surface area contributed by atoms with Gasteiger partial charge >= 0.3 is 0 Å². The number of aromatic hydroxyl groups is 1. The molecule has 45 nitrogen and oxygen atoms in total. The van der Waals surface area contributed by atoms with Crippen LogP contribution in [0.5, 0.6) is 5.75 Å². The molecule has 18 amide bonds. The van der Waals surface area contributed by atoms with Gasteiger partial charge in [0.15, 0.2) is 0 Å². The number of nitrogens with zero attached hydrogens (tertiary/aromatic N) is 6. The van der Waals surface area contributed by atoms with Crippen molar-refractivity contribution in [1.82, 2.24) is 103 Å². The monoisotopic (exact) mass is 1850 g/mol. The summed E-state index contributed by atoms with van der Waals surface area (Å²) in [6.07, 6.45) is 2.68. The molecular formula is C88H121N23O22. The number of rotatable bonds is 25. The van der Waals surface area contributed by atoms with E-state index in [4.69, 9.17) is 17.2 Å². The average Bonchev–Trinajstić information content (AvgIpc) is 1.72. The minimum atomic E-state index is -1.93. The van der Waals surface area contributed by atoms with Crippen LogP contribution in [0.3, 0.4) is 0 Å². The van der Waals surface area contributed by atoms with Crippen LogP contribution >= 0.6 is 0 Å². The van der Waals surface area contributed by atoms with Crippen LogP contribution in [0.4, 0.5) is 0 Å². The molecule has 6 heterocycles. The Morgan fingerprint density at radius 1 is 0.504 bits per heavy atom. The van der Waals surface area contributed by atoms with E-state index in [-0.39, 0.29) is 75.8 Å². The minimum Gasteiger partial charge on any atom is -0.508 e. The van der Waals surface area contributed by atoms with Gasteiger partial charge in [0.1, 0.15) is 90.3 Å². The molecule has 1 unspecified atom stereocenters. The highest BCUT2D eigenvalue weighted by Gasteiger charge is 2.47. The Morgan fingerprint density at radius 2 is 1.03 bits per heavy atom. The molecule has 3 saturated heterocycles. The number of nitrogens with two attached hydrogens (primary N) is 3. The second-order valence-corrected chi connectivity index (χ2v) is 33.5. The number of imidazole rings is 1. The molecule has 0 saturated carbocycles. The van der Waals surface area contributed by atoms with Gasteiger partial charge in [0, 0.05) is 125 Å². The molecule has 6 aromatic rings. The summed E-state index contributed by atoms with van der Waals surface area (Å²) in [5, 5.41) is 72.9. The maximum Gasteiger partial charge on any atom is 0.246 e. The highest BCUT2D eigenvalue weighted by Crippen LogP contribution is 2.28. The second-order valence-electron chi connectivity index (χ2n) is 33.5. The lowest BCUT2D eigenvalue weighted by atomic mass is 9.99. The largest absolute Gasteiger partial charge is 0.508 e. The molecule has 9 rings (SSSR count). The number of aliphatic hydroxyl groups is 3. The highest BCUT2D eigenvalue weighted by molar-refractivity contribution is 6.03. The summed E-state index contributed by atoms with van der Waals surface area (Å²) in [5.74, 6) is -18.6. The first kappa shape index (κ1) is 103. The zero-order valence-corrected chi connectivity index (χ0v) is 74.9. The molecule has 3 aliphatic heterocycles. The van der Waals surface area contributed by atoms with Gasteiger partial charge in [-0.05, 0) is 80.0 Å².